The van der Waals surface area contributed by atoms with Crippen molar-refractivity contribution in [3.63, 3.8) is 0 Å². The summed E-state index contributed by atoms with van der Waals surface area (Å²) in [5.41, 5.74) is 0. The molecule has 0 aromatic heterocycles. The second kappa shape index (κ2) is 57.9. The highest BCUT2D eigenvalue weighted by atomic mass is 32.0. The van der Waals surface area contributed by atoms with Gasteiger partial charge in [0.2, 0.25) is 0 Å². The van der Waals surface area contributed by atoms with E-state index in [-0.39, 0.29) is 0 Å². The van der Waals surface area contributed by atoms with Crippen molar-refractivity contribution in [1.82, 2.24) is 0 Å². The first-order valence-corrected chi connectivity index (χ1v) is 32.3. The summed E-state index contributed by atoms with van der Waals surface area (Å²) in [6.07, 6.45) is 80.8. The van der Waals surface area contributed by atoms with Gasteiger partial charge in [0.05, 0.1) is 6.16 Å². The van der Waals surface area contributed by atoms with Crippen LogP contribution in [0, 0.1) is 0 Å². The summed E-state index contributed by atoms with van der Waals surface area (Å²) in [5.74, 6) is 0. The summed E-state index contributed by atoms with van der Waals surface area (Å²) in [6.45, 7) is 4.63. The van der Waals surface area contributed by atoms with Crippen LogP contribution in [-0.4, -0.2) is 12.3 Å². The van der Waals surface area contributed by atoms with Crippen LogP contribution in [0.1, 0.15) is 348 Å². The highest BCUT2D eigenvalue weighted by molar-refractivity contribution is 8.11. The van der Waals surface area contributed by atoms with Gasteiger partial charge >= 0.3 is 0 Å². The zero-order chi connectivity index (χ0) is 41.6. The molecule has 0 aliphatic rings. The molecule has 0 bridgehead atoms. The maximum atomic E-state index is 2.31. The van der Waals surface area contributed by atoms with Crippen LogP contribution in [0.4, 0.5) is 0 Å². The number of rotatable bonds is 55. The van der Waals surface area contributed by atoms with Gasteiger partial charge in [-0.05, 0) is 25.4 Å². The van der Waals surface area contributed by atoms with Crippen molar-refractivity contribution in [1.29, 1.82) is 0 Å². The molecule has 2 unspecified atom stereocenters. The Kier molecular flexibility index (Phi) is 58.7. The maximum Gasteiger partial charge on any atom is 0.0569 e. The van der Waals surface area contributed by atoms with Gasteiger partial charge in [0, 0.05) is 16.5 Å². The summed E-state index contributed by atoms with van der Waals surface area (Å²) in [5, 5.41) is 0. The third-order valence-corrected chi connectivity index (χ3v) is 17.7. The molecule has 0 fully saturated rings. The lowest BCUT2D eigenvalue weighted by atomic mass is 10.0. The molecular weight excluding hydrogens is 735 g/mol. The molecule has 0 aliphatic heterocycles. The summed E-state index contributed by atoms with van der Waals surface area (Å²) >= 11 is 0. The van der Waals surface area contributed by atoms with Gasteiger partial charge in [-0.25, -0.2) is 0 Å². The van der Waals surface area contributed by atoms with Crippen LogP contribution < -0.4 is 0 Å². The van der Waals surface area contributed by atoms with Gasteiger partial charge in [-0.1, -0.05) is 328 Å². The Morgan fingerprint density at radius 1 is 0.190 bits per heavy atom. The second-order valence-corrected chi connectivity index (χ2v) is 24.0. The molecule has 0 aromatic carbocycles. The average molecular weight is 852 g/mol. The van der Waals surface area contributed by atoms with Crippen molar-refractivity contribution in [3.05, 3.63) is 0 Å². The van der Waals surface area contributed by atoms with Crippen LogP contribution in [0.5, 0.6) is 0 Å². The SMILES string of the molecule is CCCCCCCCCCCCCCCCCCCCCCCCCCCCP[PH2+]CCCCCCCCCCCCCCCCCCCCCCCCCCCC. The lowest BCUT2D eigenvalue weighted by molar-refractivity contribution is 0.516. The largest absolute Gasteiger partial charge is 0.0654 e. The Bertz CT molecular complexity index is 607. The third-order valence-electron chi connectivity index (χ3n) is 13.5. The first-order valence-electron chi connectivity index (χ1n) is 28.5. The molecule has 2 heteroatoms. The third kappa shape index (κ3) is 56.9. The maximum absolute atomic E-state index is 2.31. The highest BCUT2D eigenvalue weighted by Gasteiger charge is 2.01. The normalized spacial score (nSPS) is 12.1. The summed E-state index contributed by atoms with van der Waals surface area (Å²) in [6, 6.07) is 0. The van der Waals surface area contributed by atoms with E-state index in [9.17, 15) is 0 Å². The molecule has 0 rings (SSSR count). The molecule has 0 heterocycles. The fraction of sp³-hybridized carbons (Fsp3) is 1.00. The minimum absolute atomic E-state index is 0.786. The van der Waals surface area contributed by atoms with Gasteiger partial charge in [-0.2, -0.15) is 0 Å². The van der Waals surface area contributed by atoms with Crippen molar-refractivity contribution in [3.8, 4) is 0 Å². The molecule has 0 amide bonds. The molecule has 0 saturated heterocycles. The van der Waals surface area contributed by atoms with Crippen LogP contribution in [0.3, 0.4) is 0 Å². The molecule has 0 nitrogen and oxygen atoms in total. The van der Waals surface area contributed by atoms with Crippen molar-refractivity contribution in [2.45, 2.75) is 348 Å². The fourth-order valence-corrected chi connectivity index (χ4v) is 13.1. The topological polar surface area (TPSA) is 0 Å². The highest BCUT2D eigenvalue weighted by Crippen LogP contribution is 2.38. The quantitative estimate of drug-likeness (QED) is 0.0422. The molecule has 0 aromatic rings. The number of hydrogen-bond donors (Lipinski definition) is 0. The summed E-state index contributed by atoms with van der Waals surface area (Å²) in [4.78, 5) is 0. The predicted octanol–water partition coefficient (Wildman–Crippen LogP) is 22.3. The minimum atomic E-state index is 0.786. The molecular formula is C56H117P2+. The minimum Gasteiger partial charge on any atom is -0.0654 e. The molecule has 0 saturated carbocycles. The van der Waals surface area contributed by atoms with E-state index in [1.54, 1.807) is 18.7 Å². The van der Waals surface area contributed by atoms with Crippen LogP contribution >= 0.6 is 16.5 Å². The Hall–Kier alpha value is 0.860. The summed E-state index contributed by atoms with van der Waals surface area (Å²) in [7, 11) is 2.12. The zero-order valence-electron chi connectivity index (χ0n) is 41.3. The molecule has 58 heavy (non-hydrogen) atoms. The van der Waals surface area contributed by atoms with Crippen LogP contribution in [-0.2, 0) is 0 Å². The second-order valence-electron chi connectivity index (χ2n) is 19.6. The molecule has 0 radical (unpaired) electrons. The molecule has 2 atom stereocenters. The lowest BCUT2D eigenvalue weighted by Gasteiger charge is -2.04. The zero-order valence-corrected chi connectivity index (χ0v) is 43.4. The van der Waals surface area contributed by atoms with Crippen molar-refractivity contribution in [2.24, 2.45) is 0 Å². The van der Waals surface area contributed by atoms with E-state index in [0.717, 1.165) is 8.27 Å². The van der Waals surface area contributed by atoms with Crippen LogP contribution in [0.15, 0.2) is 0 Å². The van der Waals surface area contributed by atoms with E-state index in [2.05, 4.69) is 13.8 Å². The molecule has 0 spiro atoms. The van der Waals surface area contributed by atoms with Crippen molar-refractivity contribution < 1.29 is 0 Å². The van der Waals surface area contributed by atoms with E-state index < -0.39 is 0 Å². The fourth-order valence-electron chi connectivity index (χ4n) is 9.31. The van der Waals surface area contributed by atoms with Gasteiger partial charge < -0.3 is 0 Å². The molecule has 350 valence electrons. The Morgan fingerprint density at radius 2 is 0.345 bits per heavy atom. The number of hydrogen-bond acceptors (Lipinski definition) is 0. The van der Waals surface area contributed by atoms with Gasteiger partial charge in [-0.3, -0.25) is 0 Å². The van der Waals surface area contributed by atoms with E-state index in [1.165, 1.54) is 336 Å². The Labute approximate surface area is 375 Å². The van der Waals surface area contributed by atoms with Gasteiger partial charge in [0.15, 0.2) is 0 Å². The lowest BCUT2D eigenvalue weighted by Crippen LogP contribution is -1.85. The monoisotopic (exact) mass is 852 g/mol. The predicted molar refractivity (Wildman–Crippen MR) is 279 cm³/mol. The number of unbranched alkanes of at least 4 members (excludes halogenated alkanes) is 50. The smallest absolute Gasteiger partial charge is 0.0569 e. The van der Waals surface area contributed by atoms with E-state index >= 15 is 0 Å². The van der Waals surface area contributed by atoms with E-state index in [1.807, 2.05) is 0 Å². The Balaban J connectivity index is 3.05. The molecule has 0 N–H and O–H groups in total. The first kappa shape index (κ1) is 58.9. The standard InChI is InChI=1S/C56H116P2/c1-3-5-7-9-11-13-15-17-19-21-23-25-27-29-31-33-35-37-39-41-43-45-47-49-51-53-55-57-58-56-54-52-50-48-46-44-42-40-38-36-34-32-30-28-26-24-22-20-18-16-14-12-10-8-6-4-2/h57-58H,3-56H2,1-2H3/p+1. The molecule has 0 aliphatic carbocycles. The summed E-state index contributed by atoms with van der Waals surface area (Å²) < 4.78 is 0. The van der Waals surface area contributed by atoms with Gasteiger partial charge in [0.1, 0.15) is 0 Å². The average Bonchev–Trinajstić information content (AvgIpc) is 3.23. The Morgan fingerprint density at radius 3 is 0.534 bits per heavy atom. The van der Waals surface area contributed by atoms with Crippen LogP contribution in [0.2, 0.25) is 0 Å². The van der Waals surface area contributed by atoms with E-state index in [0.29, 0.717) is 0 Å². The van der Waals surface area contributed by atoms with Gasteiger partial charge in [0.25, 0.3) is 0 Å². The van der Waals surface area contributed by atoms with Crippen molar-refractivity contribution >= 4 is 16.5 Å². The van der Waals surface area contributed by atoms with Gasteiger partial charge in [-0.15, -0.1) is 0 Å². The van der Waals surface area contributed by atoms with Crippen LogP contribution in [0.25, 0.3) is 0 Å². The first-order chi connectivity index (χ1) is 28.9. The van der Waals surface area contributed by atoms with Crippen molar-refractivity contribution in [2.75, 3.05) is 12.3 Å². The van der Waals surface area contributed by atoms with E-state index in [4.69, 9.17) is 0 Å².